The Kier molecular flexibility index (Phi) is 4.41. The molecule has 0 saturated heterocycles. The summed E-state index contributed by atoms with van der Waals surface area (Å²) in [6.07, 6.45) is 6.07. The van der Waals surface area contributed by atoms with Crippen LogP contribution in [0.2, 0.25) is 0 Å². The minimum absolute atomic E-state index is 0.187. The Labute approximate surface area is 136 Å². The number of allylic oxidation sites excluding steroid dienone is 2. The Balaban J connectivity index is 1.60. The Morgan fingerprint density at radius 1 is 1.22 bits per heavy atom. The number of anilines is 1. The molecule has 1 saturated carbocycles. The first-order valence-electron chi connectivity index (χ1n) is 7.61. The van der Waals surface area contributed by atoms with E-state index in [1.807, 2.05) is 0 Å². The van der Waals surface area contributed by atoms with Crippen molar-refractivity contribution in [1.82, 2.24) is 4.72 Å². The molecule has 3 atom stereocenters. The van der Waals surface area contributed by atoms with Crippen molar-refractivity contribution in [3.63, 3.8) is 0 Å². The minimum Gasteiger partial charge on any atom is -0.453 e. The molecule has 0 aliphatic heterocycles. The van der Waals surface area contributed by atoms with Crippen LogP contribution < -0.4 is 10.0 Å². The summed E-state index contributed by atoms with van der Waals surface area (Å²) >= 11 is 0. The predicted molar refractivity (Wildman–Crippen MR) is 86.5 cm³/mol. The Morgan fingerprint density at radius 2 is 1.96 bits per heavy atom. The van der Waals surface area contributed by atoms with E-state index in [2.05, 4.69) is 26.9 Å². The number of methoxy groups -OCH3 is 1. The van der Waals surface area contributed by atoms with Gasteiger partial charge in [0.25, 0.3) is 0 Å². The molecule has 2 bridgehead atoms. The number of rotatable bonds is 5. The number of nitrogens with one attached hydrogen (secondary N) is 2. The van der Waals surface area contributed by atoms with Crippen LogP contribution in [0.4, 0.5) is 10.5 Å². The number of carbonyl (C=O) groups is 1. The van der Waals surface area contributed by atoms with Crippen molar-refractivity contribution in [2.45, 2.75) is 17.7 Å². The Bertz CT molecular complexity index is 712. The van der Waals surface area contributed by atoms with Gasteiger partial charge in [0.2, 0.25) is 10.0 Å². The number of ether oxygens (including phenoxy) is 1. The van der Waals surface area contributed by atoms with Gasteiger partial charge in [0.05, 0.1) is 12.0 Å². The first kappa shape index (κ1) is 16.0. The minimum atomic E-state index is -3.53. The summed E-state index contributed by atoms with van der Waals surface area (Å²) in [5, 5.41) is 2.48. The topological polar surface area (TPSA) is 84.5 Å². The molecule has 0 spiro atoms. The standard InChI is InChI=1S/C16H20N2O4S/c1-22-16(19)18-14-4-6-15(7-5-14)23(20,21)17-10-13-9-11-2-3-12(13)8-11/h2-7,11-13,17H,8-10H2,1H3,(H,18,19)/t11-,12-,13-/m0/s1. The monoisotopic (exact) mass is 336 g/mol. The largest absolute Gasteiger partial charge is 0.453 e. The molecule has 2 N–H and O–H groups in total. The normalized spacial score (nSPS) is 25.5. The van der Waals surface area contributed by atoms with E-state index < -0.39 is 16.1 Å². The van der Waals surface area contributed by atoms with Gasteiger partial charge in [-0.15, -0.1) is 0 Å². The second kappa shape index (κ2) is 6.33. The van der Waals surface area contributed by atoms with Gasteiger partial charge in [-0.3, -0.25) is 5.32 Å². The summed E-state index contributed by atoms with van der Waals surface area (Å²) in [6.45, 7) is 0.468. The molecule has 2 aliphatic carbocycles. The van der Waals surface area contributed by atoms with E-state index in [4.69, 9.17) is 0 Å². The fourth-order valence-electron chi connectivity index (χ4n) is 3.32. The van der Waals surface area contributed by atoms with Crippen molar-refractivity contribution in [2.75, 3.05) is 19.0 Å². The van der Waals surface area contributed by atoms with Crippen LogP contribution in [0.15, 0.2) is 41.3 Å². The summed E-state index contributed by atoms with van der Waals surface area (Å²) in [5.41, 5.74) is 0.481. The zero-order valence-electron chi connectivity index (χ0n) is 12.9. The van der Waals surface area contributed by atoms with E-state index >= 15 is 0 Å². The molecule has 6 nitrogen and oxygen atoms in total. The van der Waals surface area contributed by atoms with Crippen molar-refractivity contribution in [1.29, 1.82) is 0 Å². The van der Waals surface area contributed by atoms with Crippen molar-refractivity contribution >= 4 is 21.8 Å². The quantitative estimate of drug-likeness (QED) is 0.809. The average molecular weight is 336 g/mol. The molecular formula is C16H20N2O4S. The number of sulfonamides is 1. The molecule has 2 aliphatic rings. The van der Waals surface area contributed by atoms with Crippen LogP contribution in [0.1, 0.15) is 12.8 Å². The molecule has 124 valence electrons. The lowest BCUT2D eigenvalue weighted by atomic mass is 9.94. The fourth-order valence-corrected chi connectivity index (χ4v) is 4.41. The van der Waals surface area contributed by atoms with Gasteiger partial charge in [0, 0.05) is 12.2 Å². The highest BCUT2D eigenvalue weighted by atomic mass is 32.2. The van der Waals surface area contributed by atoms with Crippen LogP contribution in [0.25, 0.3) is 0 Å². The van der Waals surface area contributed by atoms with Crippen molar-refractivity contribution in [3.05, 3.63) is 36.4 Å². The van der Waals surface area contributed by atoms with Gasteiger partial charge in [-0.05, 0) is 54.9 Å². The number of fused-ring (bicyclic) bond motifs is 2. The van der Waals surface area contributed by atoms with Gasteiger partial charge < -0.3 is 4.74 Å². The first-order valence-corrected chi connectivity index (χ1v) is 9.09. The van der Waals surface area contributed by atoms with Gasteiger partial charge in [-0.1, -0.05) is 12.2 Å². The summed E-state index contributed by atoms with van der Waals surface area (Å²) in [7, 11) is -2.27. The van der Waals surface area contributed by atoms with Crippen LogP contribution in [0.5, 0.6) is 0 Å². The second-order valence-corrected chi connectivity index (χ2v) is 7.80. The van der Waals surface area contributed by atoms with E-state index in [1.165, 1.54) is 31.4 Å². The summed E-state index contributed by atoms with van der Waals surface area (Å²) in [6, 6.07) is 6.00. The zero-order valence-corrected chi connectivity index (χ0v) is 13.7. The average Bonchev–Trinajstić information content (AvgIpc) is 3.16. The number of amides is 1. The summed E-state index contributed by atoms with van der Waals surface area (Å²) in [4.78, 5) is 11.3. The SMILES string of the molecule is COC(=O)Nc1ccc(S(=O)(=O)NC[C@@H]2C[C@H]3C=C[C@H]2C3)cc1. The molecule has 0 aromatic heterocycles. The molecule has 0 radical (unpaired) electrons. The lowest BCUT2D eigenvalue weighted by Gasteiger charge is -2.18. The lowest BCUT2D eigenvalue weighted by Crippen LogP contribution is -2.31. The molecule has 1 fully saturated rings. The smallest absolute Gasteiger partial charge is 0.411 e. The van der Waals surface area contributed by atoms with Crippen LogP contribution in [0, 0.1) is 17.8 Å². The van der Waals surface area contributed by atoms with Crippen LogP contribution in [-0.4, -0.2) is 28.2 Å². The number of hydrogen-bond donors (Lipinski definition) is 2. The first-order chi connectivity index (χ1) is 11.0. The third-order valence-electron chi connectivity index (χ3n) is 4.55. The fraction of sp³-hybridized carbons (Fsp3) is 0.438. The number of hydrogen-bond acceptors (Lipinski definition) is 4. The maximum atomic E-state index is 12.3. The predicted octanol–water partition coefficient (Wildman–Crippen LogP) is 2.36. The van der Waals surface area contributed by atoms with E-state index in [0.717, 1.165) is 12.8 Å². The molecule has 1 aromatic rings. The van der Waals surface area contributed by atoms with Crippen LogP contribution in [0.3, 0.4) is 0 Å². The molecule has 1 amide bonds. The highest BCUT2D eigenvalue weighted by Crippen LogP contribution is 2.43. The number of carbonyl (C=O) groups excluding carboxylic acids is 1. The summed E-state index contributed by atoms with van der Waals surface area (Å²) in [5.74, 6) is 1.52. The highest BCUT2D eigenvalue weighted by molar-refractivity contribution is 7.89. The van der Waals surface area contributed by atoms with E-state index in [0.29, 0.717) is 30.0 Å². The molecule has 7 heteroatoms. The van der Waals surface area contributed by atoms with Gasteiger partial charge in [0.15, 0.2) is 0 Å². The Morgan fingerprint density at radius 3 is 2.52 bits per heavy atom. The van der Waals surface area contributed by atoms with Gasteiger partial charge in [-0.2, -0.15) is 0 Å². The lowest BCUT2D eigenvalue weighted by molar-refractivity contribution is 0.187. The second-order valence-electron chi connectivity index (χ2n) is 6.03. The van der Waals surface area contributed by atoms with Crippen molar-refractivity contribution in [3.8, 4) is 0 Å². The molecular weight excluding hydrogens is 316 g/mol. The third-order valence-corrected chi connectivity index (χ3v) is 5.99. The zero-order chi connectivity index (χ0) is 16.4. The molecule has 0 heterocycles. The van der Waals surface area contributed by atoms with E-state index in [9.17, 15) is 13.2 Å². The maximum Gasteiger partial charge on any atom is 0.411 e. The van der Waals surface area contributed by atoms with Gasteiger partial charge in [0.1, 0.15) is 0 Å². The van der Waals surface area contributed by atoms with Crippen LogP contribution in [-0.2, 0) is 14.8 Å². The van der Waals surface area contributed by atoms with Gasteiger partial charge >= 0.3 is 6.09 Å². The molecule has 23 heavy (non-hydrogen) atoms. The molecule has 3 rings (SSSR count). The number of benzene rings is 1. The van der Waals surface area contributed by atoms with E-state index in [-0.39, 0.29) is 4.90 Å². The van der Waals surface area contributed by atoms with E-state index in [1.54, 1.807) is 0 Å². The summed E-state index contributed by atoms with van der Waals surface area (Å²) < 4.78 is 31.9. The highest BCUT2D eigenvalue weighted by Gasteiger charge is 2.35. The molecule has 1 aromatic carbocycles. The molecule has 0 unspecified atom stereocenters. The van der Waals surface area contributed by atoms with Crippen molar-refractivity contribution in [2.24, 2.45) is 17.8 Å². The van der Waals surface area contributed by atoms with Crippen molar-refractivity contribution < 1.29 is 17.9 Å². The van der Waals surface area contributed by atoms with Crippen LogP contribution >= 0.6 is 0 Å². The third kappa shape index (κ3) is 3.56. The Hall–Kier alpha value is -1.86. The van der Waals surface area contributed by atoms with Gasteiger partial charge in [-0.25, -0.2) is 17.9 Å². The maximum absolute atomic E-state index is 12.3.